The third-order valence-electron chi connectivity index (χ3n) is 3.56. The van der Waals surface area contributed by atoms with E-state index in [0.29, 0.717) is 12.8 Å². The van der Waals surface area contributed by atoms with E-state index >= 15 is 0 Å². The van der Waals surface area contributed by atoms with Crippen LogP contribution in [0.1, 0.15) is 12.0 Å². The van der Waals surface area contributed by atoms with Gasteiger partial charge in [-0.2, -0.15) is 8.42 Å². The second-order valence-electron chi connectivity index (χ2n) is 5.96. The van der Waals surface area contributed by atoms with Crippen LogP contribution in [-0.4, -0.2) is 63.1 Å². The summed E-state index contributed by atoms with van der Waals surface area (Å²) in [5.74, 6) is -1.45. The quantitative estimate of drug-likeness (QED) is 0.397. The minimum Gasteiger partial charge on any atom is -0.496 e. The highest BCUT2D eigenvalue weighted by Gasteiger charge is 2.41. The maximum Gasteiger partial charge on any atom is 0.635 e. The molecule has 9 nitrogen and oxygen atoms in total. The Morgan fingerprint density at radius 3 is 2.37 bits per heavy atom. The van der Waals surface area contributed by atoms with Gasteiger partial charge < -0.3 is 9.31 Å². The van der Waals surface area contributed by atoms with Gasteiger partial charge >= 0.3 is 29.5 Å². The summed E-state index contributed by atoms with van der Waals surface area (Å²) in [4.78, 5) is 25.0. The maximum atomic E-state index is 11.8. The van der Waals surface area contributed by atoms with Crippen molar-refractivity contribution in [1.29, 1.82) is 0 Å². The Balaban J connectivity index is 2.08. The van der Waals surface area contributed by atoms with Crippen molar-refractivity contribution in [3.63, 3.8) is 0 Å². The first-order valence-electron chi connectivity index (χ1n) is 8.17. The first-order chi connectivity index (χ1) is 12.7. The van der Waals surface area contributed by atoms with Crippen molar-refractivity contribution in [1.82, 2.24) is 4.90 Å². The average Bonchev–Trinajstić information content (AvgIpc) is 2.55. The van der Waals surface area contributed by atoms with Gasteiger partial charge in [-0.15, -0.1) is 0 Å². The molecular formula is C16H20BNO8S. The van der Waals surface area contributed by atoms with Crippen molar-refractivity contribution in [2.24, 2.45) is 0 Å². The third kappa shape index (κ3) is 7.91. The largest absolute Gasteiger partial charge is 0.635 e. The molecule has 1 N–H and O–H groups in total. The van der Waals surface area contributed by atoms with E-state index in [9.17, 15) is 18.0 Å². The Morgan fingerprint density at radius 1 is 1.22 bits per heavy atom. The van der Waals surface area contributed by atoms with Crippen LogP contribution in [0.25, 0.3) is 0 Å². The number of carbonyl (C=O) groups is 2. The average molecular weight is 397 g/mol. The summed E-state index contributed by atoms with van der Waals surface area (Å²) in [7, 11) is -4.98. The van der Waals surface area contributed by atoms with Crippen molar-refractivity contribution < 1.29 is 36.1 Å². The number of benzene rings is 1. The molecule has 1 aromatic carbocycles. The molecule has 0 amide bonds. The van der Waals surface area contributed by atoms with Gasteiger partial charge in [-0.25, -0.2) is 4.18 Å². The highest BCUT2D eigenvalue weighted by molar-refractivity contribution is 7.81. The molecule has 0 saturated carbocycles. The summed E-state index contributed by atoms with van der Waals surface area (Å²) < 4.78 is 45.7. The number of allylic oxidation sites excluding steroid dienone is 1. The molecule has 146 valence electrons. The number of nitrogens with zero attached hydrogens (tertiary/aromatic N) is 1. The van der Waals surface area contributed by atoms with E-state index in [0.717, 1.165) is 5.56 Å². The fourth-order valence-corrected chi connectivity index (χ4v) is 2.86. The van der Waals surface area contributed by atoms with Gasteiger partial charge in [-0.05, 0) is 25.5 Å². The van der Waals surface area contributed by atoms with Gasteiger partial charge in [0.25, 0.3) is 0 Å². The van der Waals surface area contributed by atoms with E-state index in [4.69, 9.17) is 13.9 Å². The molecule has 0 bridgehead atoms. The second kappa shape index (κ2) is 9.65. The standard InChI is InChI=1S/C16H20BNO8S/c1-18-11-15(19)24-17(25-16(20)12-18)14(26-27(21,22)23)10-6-5-9-13-7-3-2-4-8-13/h2-4,6-8,10,14H,5,9,11-12H2,1H3,(H,21,22,23). The summed E-state index contributed by atoms with van der Waals surface area (Å²) >= 11 is 0. The summed E-state index contributed by atoms with van der Waals surface area (Å²) in [6.07, 6.45) is 4.06. The zero-order valence-electron chi connectivity index (χ0n) is 14.7. The number of hydrogen-bond donors (Lipinski definition) is 1. The van der Waals surface area contributed by atoms with Crippen LogP contribution < -0.4 is 0 Å². The molecule has 0 spiro atoms. The first kappa shape index (κ1) is 21.1. The number of likely N-dealkylation sites (N-methyl/N-ethyl adjacent to an activating group) is 1. The van der Waals surface area contributed by atoms with E-state index < -0.39 is 35.5 Å². The van der Waals surface area contributed by atoms with E-state index in [1.807, 2.05) is 30.3 Å². The minimum atomic E-state index is -4.87. The number of rotatable bonds is 7. The number of aryl methyl sites for hydroxylation is 1. The van der Waals surface area contributed by atoms with Gasteiger partial charge in [0.1, 0.15) is 0 Å². The van der Waals surface area contributed by atoms with Crippen molar-refractivity contribution >= 4 is 29.5 Å². The van der Waals surface area contributed by atoms with Crippen LogP contribution in [0.15, 0.2) is 42.5 Å². The Labute approximate surface area is 158 Å². The predicted molar refractivity (Wildman–Crippen MR) is 95.8 cm³/mol. The van der Waals surface area contributed by atoms with Gasteiger partial charge in [0, 0.05) is 0 Å². The molecule has 1 aromatic rings. The van der Waals surface area contributed by atoms with Gasteiger partial charge in [0.2, 0.25) is 0 Å². The van der Waals surface area contributed by atoms with Crippen LogP contribution in [0, 0.1) is 0 Å². The van der Waals surface area contributed by atoms with Crippen LogP contribution in [0.2, 0.25) is 0 Å². The molecule has 0 radical (unpaired) electrons. The Hall–Kier alpha value is -2.21. The zero-order chi connectivity index (χ0) is 19.9. The van der Waals surface area contributed by atoms with Crippen LogP contribution in [0.5, 0.6) is 0 Å². The predicted octanol–water partition coefficient (Wildman–Crippen LogP) is 0.423. The van der Waals surface area contributed by atoms with E-state index in [1.54, 1.807) is 6.08 Å². The normalized spacial score (nSPS) is 17.9. The first-order valence-corrected chi connectivity index (χ1v) is 9.53. The highest BCUT2D eigenvalue weighted by Crippen LogP contribution is 2.12. The van der Waals surface area contributed by atoms with Gasteiger partial charge in [0.15, 0.2) is 6.00 Å². The van der Waals surface area contributed by atoms with Crippen molar-refractivity contribution in [3.05, 3.63) is 48.0 Å². The molecule has 0 aromatic heterocycles. The Bertz CT molecular complexity index is 763. The van der Waals surface area contributed by atoms with Gasteiger partial charge in [-0.3, -0.25) is 19.0 Å². The summed E-state index contributed by atoms with van der Waals surface area (Å²) in [5, 5.41) is 0. The summed E-state index contributed by atoms with van der Waals surface area (Å²) in [6.45, 7) is -0.357. The molecule has 1 unspecified atom stereocenters. The molecule has 1 aliphatic rings. The van der Waals surface area contributed by atoms with Crippen LogP contribution >= 0.6 is 0 Å². The Kier molecular flexibility index (Phi) is 7.54. The van der Waals surface area contributed by atoms with Crippen molar-refractivity contribution in [2.45, 2.75) is 18.8 Å². The molecule has 0 aliphatic carbocycles. The van der Waals surface area contributed by atoms with Gasteiger partial charge in [-0.1, -0.05) is 42.5 Å². The van der Waals surface area contributed by atoms with E-state index in [2.05, 4.69) is 4.18 Å². The van der Waals surface area contributed by atoms with Crippen LogP contribution in [0.4, 0.5) is 0 Å². The Morgan fingerprint density at radius 2 is 1.81 bits per heavy atom. The number of hydrogen-bond acceptors (Lipinski definition) is 8. The fourth-order valence-electron chi connectivity index (χ4n) is 2.42. The lowest BCUT2D eigenvalue weighted by Crippen LogP contribution is -2.48. The molecule has 1 atom stereocenters. The van der Waals surface area contributed by atoms with Crippen LogP contribution in [-0.2, 0) is 39.9 Å². The molecule has 1 aliphatic heterocycles. The lowest BCUT2D eigenvalue weighted by Gasteiger charge is -2.24. The zero-order valence-corrected chi connectivity index (χ0v) is 15.5. The lowest BCUT2D eigenvalue weighted by molar-refractivity contribution is -0.146. The second-order valence-corrected chi connectivity index (χ2v) is 7.01. The molecule has 11 heteroatoms. The minimum absolute atomic E-state index is 0.179. The lowest BCUT2D eigenvalue weighted by atomic mass is 9.80. The van der Waals surface area contributed by atoms with Crippen molar-refractivity contribution in [2.75, 3.05) is 20.1 Å². The fraction of sp³-hybridized carbons (Fsp3) is 0.375. The van der Waals surface area contributed by atoms with Crippen molar-refractivity contribution in [3.8, 4) is 0 Å². The molecule has 2 rings (SSSR count). The molecule has 27 heavy (non-hydrogen) atoms. The smallest absolute Gasteiger partial charge is 0.496 e. The molecule has 1 heterocycles. The van der Waals surface area contributed by atoms with E-state index in [-0.39, 0.29) is 13.1 Å². The highest BCUT2D eigenvalue weighted by atomic mass is 32.3. The molecular weight excluding hydrogens is 377 g/mol. The van der Waals surface area contributed by atoms with Crippen LogP contribution in [0.3, 0.4) is 0 Å². The summed E-state index contributed by atoms with van der Waals surface area (Å²) in [5.41, 5.74) is 1.07. The number of carbonyl (C=O) groups excluding carboxylic acids is 2. The van der Waals surface area contributed by atoms with E-state index in [1.165, 1.54) is 18.0 Å². The molecule has 1 saturated heterocycles. The van der Waals surface area contributed by atoms with Gasteiger partial charge in [0.05, 0.1) is 13.1 Å². The maximum absolute atomic E-state index is 11.8. The summed E-state index contributed by atoms with van der Waals surface area (Å²) in [6, 6.07) is 8.06. The SMILES string of the molecule is CN1CC(=O)OB(C(C=CCCc2ccccc2)OS(=O)(=O)O)OC(=O)C1. The monoisotopic (exact) mass is 397 g/mol. The molecule has 1 fully saturated rings. The topological polar surface area (TPSA) is 119 Å². The third-order valence-corrected chi connectivity index (χ3v) is 4.03.